The second-order valence-electron chi connectivity index (χ2n) is 7.25. The molecule has 0 radical (unpaired) electrons. The van der Waals surface area contributed by atoms with Crippen LogP contribution in [0.4, 0.5) is 0 Å². The first-order valence-corrected chi connectivity index (χ1v) is 10.5. The van der Waals surface area contributed by atoms with Crippen LogP contribution in [0.3, 0.4) is 0 Å². The lowest BCUT2D eigenvalue weighted by molar-refractivity contribution is -0.147. The molecule has 1 aromatic heterocycles. The van der Waals surface area contributed by atoms with Crippen LogP contribution in [0.2, 0.25) is 0 Å². The Hall–Kier alpha value is -2.79. The van der Waals surface area contributed by atoms with E-state index in [1.807, 2.05) is 29.8 Å². The quantitative estimate of drug-likeness (QED) is 0.678. The monoisotopic (exact) mass is 406 g/mol. The summed E-state index contributed by atoms with van der Waals surface area (Å²) in [5.41, 5.74) is 10.3. The number of fused-ring (bicyclic) bond motifs is 1. The number of rotatable bonds is 5. The molecule has 1 saturated heterocycles. The smallest absolute Gasteiger partial charge is 0.252 e. The fraction of sp³-hybridized carbons (Fsp3) is 0.318. The minimum Gasteiger partial charge on any atom is -0.367 e. The standard InChI is InChI=1S/C22H22N4O2S/c23-12-18(22(21(24)27)13-25-8-1-9-28-22)10-15-2-4-16(5-3-15)17-6-7-20-19(11-17)26-14-29-20/h2-7,11,14,18,25H,1,8-10,13H2,(H2,24,27)/t18-,22?/m0/s1. The van der Waals surface area contributed by atoms with E-state index in [1.165, 1.54) is 0 Å². The number of amides is 1. The highest BCUT2D eigenvalue weighted by atomic mass is 32.1. The first kappa shape index (κ1) is 19.5. The number of benzene rings is 2. The normalized spacial score (nSPS) is 20.7. The van der Waals surface area contributed by atoms with Crippen LogP contribution in [-0.2, 0) is 16.0 Å². The number of nitrogens with zero attached hydrogens (tertiary/aromatic N) is 2. The van der Waals surface area contributed by atoms with Crippen molar-refractivity contribution in [3.05, 3.63) is 53.5 Å². The predicted molar refractivity (Wildman–Crippen MR) is 113 cm³/mol. The molecule has 4 rings (SSSR count). The molecule has 0 spiro atoms. The second-order valence-corrected chi connectivity index (χ2v) is 8.14. The van der Waals surface area contributed by atoms with Crippen molar-refractivity contribution in [2.24, 2.45) is 11.7 Å². The molecule has 0 aliphatic carbocycles. The van der Waals surface area contributed by atoms with E-state index in [1.54, 1.807) is 11.3 Å². The molecule has 0 bridgehead atoms. The van der Waals surface area contributed by atoms with Crippen LogP contribution in [-0.4, -0.2) is 36.2 Å². The number of primary amides is 1. The molecule has 2 heterocycles. The van der Waals surface area contributed by atoms with E-state index >= 15 is 0 Å². The molecule has 2 atom stereocenters. The van der Waals surface area contributed by atoms with Gasteiger partial charge in [0.25, 0.3) is 5.91 Å². The van der Waals surface area contributed by atoms with Crippen molar-refractivity contribution < 1.29 is 9.53 Å². The average Bonchev–Trinajstić information content (AvgIpc) is 3.07. The van der Waals surface area contributed by atoms with Crippen LogP contribution in [0.15, 0.2) is 48.0 Å². The van der Waals surface area contributed by atoms with Gasteiger partial charge in [-0.15, -0.1) is 11.3 Å². The Morgan fingerprint density at radius 3 is 2.86 bits per heavy atom. The average molecular weight is 407 g/mol. The topological polar surface area (TPSA) is 101 Å². The van der Waals surface area contributed by atoms with Gasteiger partial charge in [0.1, 0.15) is 0 Å². The van der Waals surface area contributed by atoms with E-state index in [-0.39, 0.29) is 6.54 Å². The van der Waals surface area contributed by atoms with E-state index in [0.717, 1.165) is 39.9 Å². The van der Waals surface area contributed by atoms with Gasteiger partial charge in [0.2, 0.25) is 0 Å². The Kier molecular flexibility index (Phi) is 5.58. The number of nitrogens with two attached hydrogens (primary N) is 1. The van der Waals surface area contributed by atoms with E-state index in [9.17, 15) is 10.1 Å². The van der Waals surface area contributed by atoms with Crippen LogP contribution < -0.4 is 11.1 Å². The highest BCUT2D eigenvalue weighted by molar-refractivity contribution is 7.16. The lowest BCUT2D eigenvalue weighted by Crippen LogP contribution is -2.57. The maximum atomic E-state index is 12.2. The Morgan fingerprint density at radius 1 is 1.31 bits per heavy atom. The number of hydrogen-bond acceptors (Lipinski definition) is 6. The maximum absolute atomic E-state index is 12.2. The van der Waals surface area contributed by atoms with Gasteiger partial charge < -0.3 is 15.8 Å². The van der Waals surface area contributed by atoms with Gasteiger partial charge in [-0.25, -0.2) is 4.98 Å². The van der Waals surface area contributed by atoms with E-state index in [2.05, 4.69) is 34.6 Å². The zero-order valence-corrected chi connectivity index (χ0v) is 16.7. The fourth-order valence-electron chi connectivity index (χ4n) is 3.75. The summed E-state index contributed by atoms with van der Waals surface area (Å²) in [4.78, 5) is 16.6. The van der Waals surface area contributed by atoms with Crippen LogP contribution >= 0.6 is 11.3 Å². The zero-order chi connectivity index (χ0) is 20.3. The minimum atomic E-state index is -1.31. The molecule has 1 fully saturated rings. The van der Waals surface area contributed by atoms with Crippen molar-refractivity contribution in [2.45, 2.75) is 18.4 Å². The van der Waals surface area contributed by atoms with Crippen molar-refractivity contribution in [2.75, 3.05) is 19.7 Å². The number of hydrogen-bond donors (Lipinski definition) is 2. The van der Waals surface area contributed by atoms with Gasteiger partial charge in [-0.05, 0) is 48.2 Å². The molecule has 1 amide bonds. The van der Waals surface area contributed by atoms with Crippen LogP contribution in [0.5, 0.6) is 0 Å². The summed E-state index contributed by atoms with van der Waals surface area (Å²) in [5, 5.41) is 13.0. The van der Waals surface area contributed by atoms with Gasteiger partial charge in [0, 0.05) is 13.2 Å². The third-order valence-corrected chi connectivity index (χ3v) is 6.25. The summed E-state index contributed by atoms with van der Waals surface area (Å²) >= 11 is 1.62. The molecule has 3 aromatic rings. The van der Waals surface area contributed by atoms with Crippen LogP contribution in [0, 0.1) is 17.2 Å². The third-order valence-electron chi connectivity index (χ3n) is 5.44. The second kappa shape index (κ2) is 8.29. The summed E-state index contributed by atoms with van der Waals surface area (Å²) < 4.78 is 7.00. The summed E-state index contributed by atoms with van der Waals surface area (Å²) in [6, 6.07) is 16.5. The molecule has 148 valence electrons. The SMILES string of the molecule is N#C[C@H](Cc1ccc(-c2ccc3scnc3c2)cc1)C1(C(N)=O)CNCCCO1. The molecule has 1 unspecified atom stereocenters. The largest absolute Gasteiger partial charge is 0.367 e. The van der Waals surface area contributed by atoms with Crippen LogP contribution in [0.1, 0.15) is 12.0 Å². The van der Waals surface area contributed by atoms with Crippen molar-refractivity contribution in [3.8, 4) is 17.2 Å². The Morgan fingerprint density at radius 2 is 2.10 bits per heavy atom. The zero-order valence-electron chi connectivity index (χ0n) is 15.9. The van der Waals surface area contributed by atoms with Crippen molar-refractivity contribution >= 4 is 27.5 Å². The summed E-state index contributed by atoms with van der Waals surface area (Å²) in [5.74, 6) is -1.26. The van der Waals surface area contributed by atoms with Crippen molar-refractivity contribution in [3.63, 3.8) is 0 Å². The Labute approximate surface area is 173 Å². The number of thiazole rings is 1. The lowest BCUT2D eigenvalue weighted by atomic mass is 9.82. The molecule has 3 N–H and O–H groups in total. The van der Waals surface area contributed by atoms with Gasteiger partial charge in [0.05, 0.1) is 27.7 Å². The number of aromatic nitrogens is 1. The number of nitrogens with one attached hydrogen (secondary N) is 1. The molecule has 1 aliphatic rings. The van der Waals surface area contributed by atoms with E-state index in [0.29, 0.717) is 13.0 Å². The summed E-state index contributed by atoms with van der Waals surface area (Å²) in [6.45, 7) is 1.41. The molecule has 2 aromatic carbocycles. The van der Waals surface area contributed by atoms with Crippen molar-refractivity contribution in [1.82, 2.24) is 10.3 Å². The predicted octanol–water partition coefficient (Wildman–Crippen LogP) is 2.88. The highest BCUT2D eigenvalue weighted by Gasteiger charge is 2.46. The lowest BCUT2D eigenvalue weighted by Gasteiger charge is -2.33. The Balaban J connectivity index is 1.56. The number of carbonyl (C=O) groups excluding carboxylic acids is 1. The molecular formula is C22H22N4O2S. The molecule has 0 saturated carbocycles. The molecule has 7 heteroatoms. The number of ether oxygens (including phenoxy) is 1. The maximum Gasteiger partial charge on any atom is 0.252 e. The van der Waals surface area contributed by atoms with Gasteiger partial charge >= 0.3 is 0 Å². The van der Waals surface area contributed by atoms with Gasteiger partial charge in [-0.1, -0.05) is 30.3 Å². The van der Waals surface area contributed by atoms with E-state index in [4.69, 9.17) is 10.5 Å². The van der Waals surface area contributed by atoms with Crippen LogP contribution in [0.25, 0.3) is 21.3 Å². The Bertz CT molecular complexity index is 1050. The van der Waals surface area contributed by atoms with Crippen molar-refractivity contribution in [1.29, 1.82) is 5.26 Å². The van der Waals surface area contributed by atoms with E-state index < -0.39 is 17.4 Å². The number of carbonyl (C=O) groups is 1. The minimum absolute atomic E-state index is 0.256. The molecule has 29 heavy (non-hydrogen) atoms. The molecule has 6 nitrogen and oxygen atoms in total. The summed E-state index contributed by atoms with van der Waals surface area (Å²) in [6.07, 6.45) is 1.18. The molecule has 1 aliphatic heterocycles. The van der Waals surface area contributed by atoms with Gasteiger partial charge in [-0.2, -0.15) is 5.26 Å². The van der Waals surface area contributed by atoms with Gasteiger partial charge in [-0.3, -0.25) is 4.79 Å². The summed E-state index contributed by atoms with van der Waals surface area (Å²) in [7, 11) is 0. The van der Waals surface area contributed by atoms with Gasteiger partial charge in [0.15, 0.2) is 5.60 Å². The fourth-order valence-corrected chi connectivity index (χ4v) is 4.41. The first-order valence-electron chi connectivity index (χ1n) is 9.59. The highest BCUT2D eigenvalue weighted by Crippen LogP contribution is 2.29. The third kappa shape index (κ3) is 3.87. The molecular weight excluding hydrogens is 384 g/mol. The first-order chi connectivity index (χ1) is 14.1. The number of nitriles is 1.